The molecule has 0 spiro atoms. The van der Waals surface area contributed by atoms with Crippen molar-refractivity contribution < 1.29 is 19.1 Å². The number of ether oxygens (including phenoxy) is 1. The molecule has 0 aliphatic rings. The van der Waals surface area contributed by atoms with E-state index in [1.54, 1.807) is 30.3 Å². The Morgan fingerprint density at radius 1 is 1.10 bits per heavy atom. The number of hydrogen-bond acceptors (Lipinski definition) is 5. The Labute approximate surface area is 182 Å². The van der Waals surface area contributed by atoms with Crippen molar-refractivity contribution in [3.63, 3.8) is 0 Å². The molecule has 2 aromatic rings. The monoisotopic (exact) mass is 421 g/mol. The van der Waals surface area contributed by atoms with Gasteiger partial charge in [-0.05, 0) is 48.2 Å². The van der Waals surface area contributed by atoms with Crippen molar-refractivity contribution in [3.05, 3.63) is 65.2 Å². The number of carbonyl (C=O) groups excluding carboxylic acids is 3. The van der Waals surface area contributed by atoms with E-state index in [1.807, 2.05) is 18.2 Å². The first-order valence-corrected chi connectivity index (χ1v) is 9.99. The molecule has 0 heterocycles. The maximum Gasteiger partial charge on any atom is 0.308 e. The Morgan fingerprint density at radius 3 is 2.39 bits per heavy atom. The Bertz CT molecular complexity index is 985. The topological polar surface area (TPSA) is 108 Å². The van der Waals surface area contributed by atoms with E-state index in [1.165, 1.54) is 13.0 Å². The van der Waals surface area contributed by atoms with Crippen LogP contribution in [0.5, 0.6) is 0 Å². The number of benzene rings is 2. The first-order chi connectivity index (χ1) is 14.6. The predicted octanol–water partition coefficient (Wildman–Crippen LogP) is 3.55. The van der Waals surface area contributed by atoms with Gasteiger partial charge >= 0.3 is 5.97 Å². The average molecular weight is 421 g/mol. The van der Waals surface area contributed by atoms with Crippen LogP contribution < -0.4 is 10.6 Å². The summed E-state index contributed by atoms with van der Waals surface area (Å²) in [5.41, 5.74) is 2.48. The Morgan fingerprint density at radius 2 is 1.77 bits per heavy atom. The van der Waals surface area contributed by atoms with Gasteiger partial charge in [0.15, 0.2) is 6.10 Å². The highest BCUT2D eigenvalue weighted by atomic mass is 16.5. The van der Waals surface area contributed by atoms with Crippen LogP contribution in [0, 0.1) is 11.3 Å². The molecule has 2 N–H and O–H groups in total. The third kappa shape index (κ3) is 7.27. The minimum Gasteiger partial charge on any atom is -0.452 e. The third-order valence-electron chi connectivity index (χ3n) is 4.56. The van der Waals surface area contributed by atoms with Crippen molar-refractivity contribution in [1.82, 2.24) is 5.32 Å². The fourth-order valence-electron chi connectivity index (χ4n) is 2.72. The van der Waals surface area contributed by atoms with E-state index < -0.39 is 18.0 Å². The number of hydrogen-bond donors (Lipinski definition) is 2. The minimum absolute atomic E-state index is 0.000269. The minimum atomic E-state index is -1.01. The lowest BCUT2D eigenvalue weighted by atomic mass is 9.87. The summed E-state index contributed by atoms with van der Waals surface area (Å²) < 4.78 is 5.11. The fraction of sp³-hybridized carbons (Fsp3) is 0.333. The highest BCUT2D eigenvalue weighted by Crippen LogP contribution is 2.22. The molecule has 7 nitrogen and oxygen atoms in total. The van der Waals surface area contributed by atoms with E-state index in [0.717, 1.165) is 5.56 Å². The van der Waals surface area contributed by atoms with Gasteiger partial charge in [-0.3, -0.25) is 14.4 Å². The van der Waals surface area contributed by atoms with Crippen LogP contribution in [0.2, 0.25) is 0 Å². The summed E-state index contributed by atoms with van der Waals surface area (Å²) in [5.74, 6) is -1.39. The SMILES string of the molecule is C[C@H](OC(=O)CCNC(=O)c1ccc(C(C)(C)C)cc1)C(=O)Nc1cccc(C#N)c1. The molecule has 0 aliphatic carbocycles. The van der Waals surface area contributed by atoms with Crippen molar-refractivity contribution in [2.24, 2.45) is 0 Å². The summed E-state index contributed by atoms with van der Waals surface area (Å²) in [6.07, 6.45) is -1.08. The molecule has 2 amide bonds. The molecule has 2 rings (SSSR count). The number of amides is 2. The number of nitrogens with one attached hydrogen (secondary N) is 2. The Balaban J connectivity index is 1.77. The van der Waals surface area contributed by atoms with Crippen LogP contribution in [-0.4, -0.2) is 30.4 Å². The summed E-state index contributed by atoms with van der Waals surface area (Å²) >= 11 is 0. The first kappa shape index (κ1) is 23.6. The molecule has 7 heteroatoms. The van der Waals surface area contributed by atoms with Crippen molar-refractivity contribution in [2.45, 2.75) is 45.6 Å². The van der Waals surface area contributed by atoms with Crippen LogP contribution in [0.4, 0.5) is 5.69 Å². The number of esters is 1. The van der Waals surface area contributed by atoms with Crippen LogP contribution in [0.3, 0.4) is 0 Å². The fourth-order valence-corrected chi connectivity index (χ4v) is 2.72. The van der Waals surface area contributed by atoms with Gasteiger partial charge in [-0.25, -0.2) is 0 Å². The molecule has 31 heavy (non-hydrogen) atoms. The molecule has 0 saturated heterocycles. The Hall–Kier alpha value is -3.66. The van der Waals surface area contributed by atoms with Crippen molar-refractivity contribution in [2.75, 3.05) is 11.9 Å². The molecule has 0 saturated carbocycles. The third-order valence-corrected chi connectivity index (χ3v) is 4.56. The Kier molecular flexibility index (Phi) is 7.92. The lowest BCUT2D eigenvalue weighted by Gasteiger charge is -2.19. The molecular weight excluding hydrogens is 394 g/mol. The molecule has 1 atom stereocenters. The van der Waals surface area contributed by atoms with Crippen molar-refractivity contribution in [3.8, 4) is 6.07 Å². The van der Waals surface area contributed by atoms with E-state index in [-0.39, 0.29) is 24.3 Å². The summed E-state index contributed by atoms with van der Waals surface area (Å²) in [4.78, 5) is 36.4. The maximum atomic E-state index is 12.2. The molecule has 0 fully saturated rings. The zero-order chi connectivity index (χ0) is 23.0. The number of carbonyl (C=O) groups is 3. The van der Waals surface area contributed by atoms with E-state index in [9.17, 15) is 14.4 Å². The molecular formula is C24H27N3O4. The van der Waals surface area contributed by atoms with Gasteiger partial charge in [-0.2, -0.15) is 5.26 Å². The summed E-state index contributed by atoms with van der Waals surface area (Å²) in [7, 11) is 0. The lowest BCUT2D eigenvalue weighted by Crippen LogP contribution is -2.32. The van der Waals surface area contributed by atoms with Gasteiger partial charge in [-0.15, -0.1) is 0 Å². The lowest BCUT2D eigenvalue weighted by molar-refractivity contribution is -0.153. The average Bonchev–Trinajstić information content (AvgIpc) is 2.73. The van der Waals surface area contributed by atoms with Gasteiger partial charge in [0.25, 0.3) is 11.8 Å². The second kappa shape index (κ2) is 10.4. The van der Waals surface area contributed by atoms with Crippen LogP contribution in [0.25, 0.3) is 0 Å². The van der Waals surface area contributed by atoms with Gasteiger partial charge in [0.05, 0.1) is 18.1 Å². The zero-order valence-electron chi connectivity index (χ0n) is 18.2. The molecule has 0 aliphatic heterocycles. The first-order valence-electron chi connectivity index (χ1n) is 9.99. The molecule has 2 aromatic carbocycles. The number of nitriles is 1. The standard InChI is InChI=1S/C24H27N3O4/c1-16(22(29)27-20-7-5-6-17(14-20)15-25)31-21(28)12-13-26-23(30)18-8-10-19(11-9-18)24(2,3)4/h5-11,14,16H,12-13H2,1-4H3,(H,26,30)(H,27,29)/t16-/m0/s1. The van der Waals surface area contributed by atoms with Crippen LogP contribution in [-0.2, 0) is 19.7 Å². The molecule has 0 bridgehead atoms. The second-order valence-corrected chi connectivity index (χ2v) is 8.15. The molecule has 0 unspecified atom stereocenters. The van der Waals surface area contributed by atoms with Gasteiger partial charge in [0.1, 0.15) is 0 Å². The highest BCUT2D eigenvalue weighted by molar-refractivity contribution is 5.95. The maximum absolute atomic E-state index is 12.2. The normalized spacial score (nSPS) is 11.7. The number of nitrogens with zero attached hydrogens (tertiary/aromatic N) is 1. The van der Waals surface area contributed by atoms with Crippen molar-refractivity contribution >= 4 is 23.5 Å². The van der Waals surface area contributed by atoms with E-state index in [0.29, 0.717) is 16.8 Å². The van der Waals surface area contributed by atoms with Gasteiger partial charge in [0.2, 0.25) is 0 Å². The van der Waals surface area contributed by atoms with E-state index in [4.69, 9.17) is 10.00 Å². The summed E-state index contributed by atoms with van der Waals surface area (Å²) in [5, 5.41) is 14.2. The van der Waals surface area contributed by atoms with E-state index in [2.05, 4.69) is 31.4 Å². The van der Waals surface area contributed by atoms with E-state index >= 15 is 0 Å². The van der Waals surface area contributed by atoms with Crippen LogP contribution >= 0.6 is 0 Å². The van der Waals surface area contributed by atoms with Gasteiger partial charge in [-0.1, -0.05) is 39.0 Å². The van der Waals surface area contributed by atoms with Crippen LogP contribution in [0.1, 0.15) is 55.6 Å². The largest absolute Gasteiger partial charge is 0.452 e. The quantitative estimate of drug-likeness (QED) is 0.665. The smallest absolute Gasteiger partial charge is 0.308 e. The van der Waals surface area contributed by atoms with Gasteiger partial charge < -0.3 is 15.4 Å². The number of anilines is 1. The number of rotatable bonds is 7. The van der Waals surface area contributed by atoms with Gasteiger partial charge in [0, 0.05) is 17.8 Å². The summed E-state index contributed by atoms with van der Waals surface area (Å²) in [6.45, 7) is 7.84. The van der Waals surface area contributed by atoms with Crippen molar-refractivity contribution in [1.29, 1.82) is 5.26 Å². The molecule has 0 aromatic heterocycles. The molecule has 162 valence electrons. The second-order valence-electron chi connectivity index (χ2n) is 8.15. The highest BCUT2D eigenvalue weighted by Gasteiger charge is 2.18. The molecule has 0 radical (unpaired) electrons. The zero-order valence-corrected chi connectivity index (χ0v) is 18.2. The summed E-state index contributed by atoms with van der Waals surface area (Å²) in [6, 6.07) is 15.7. The predicted molar refractivity (Wildman–Crippen MR) is 117 cm³/mol. The van der Waals surface area contributed by atoms with Crippen LogP contribution in [0.15, 0.2) is 48.5 Å².